The van der Waals surface area contributed by atoms with Gasteiger partial charge in [0.1, 0.15) is 0 Å². The maximum atomic E-state index is 11.3. The van der Waals surface area contributed by atoms with Crippen LogP contribution in [0.5, 0.6) is 0 Å². The molecule has 0 amide bonds. The highest BCUT2D eigenvalue weighted by atomic mass is 35.5. The van der Waals surface area contributed by atoms with Crippen molar-refractivity contribution < 1.29 is 9.53 Å². The summed E-state index contributed by atoms with van der Waals surface area (Å²) in [5.74, 6) is -0.282. The first-order valence-electron chi connectivity index (χ1n) is 5.46. The number of nitrogens with one attached hydrogen (secondary N) is 1. The van der Waals surface area contributed by atoms with E-state index in [0.29, 0.717) is 15.7 Å². The monoisotopic (exact) mass is 315 g/mol. The van der Waals surface area contributed by atoms with Crippen LogP contribution in [-0.2, 0) is 16.0 Å². The van der Waals surface area contributed by atoms with Crippen molar-refractivity contribution in [2.75, 3.05) is 12.4 Å². The van der Waals surface area contributed by atoms with Gasteiger partial charge in [0.2, 0.25) is 0 Å². The maximum absolute atomic E-state index is 11.3. The lowest BCUT2D eigenvalue weighted by molar-refractivity contribution is -0.139. The molecule has 0 saturated heterocycles. The molecule has 3 nitrogen and oxygen atoms in total. The fourth-order valence-corrected chi connectivity index (χ4v) is 2.85. The third-order valence-corrected chi connectivity index (χ3v) is 4.05. The van der Waals surface area contributed by atoms with E-state index >= 15 is 0 Å². The van der Waals surface area contributed by atoms with Crippen molar-refractivity contribution in [2.45, 2.75) is 6.42 Å². The van der Waals surface area contributed by atoms with E-state index in [0.717, 1.165) is 10.6 Å². The molecule has 6 heteroatoms. The molecule has 0 spiro atoms. The molecule has 2 rings (SSSR count). The van der Waals surface area contributed by atoms with E-state index in [9.17, 15) is 4.79 Å². The predicted octanol–water partition coefficient (Wildman–Crippen LogP) is 4.51. The number of esters is 1. The number of hydrogen-bond acceptors (Lipinski definition) is 4. The highest BCUT2D eigenvalue weighted by Gasteiger charge is 2.12. The number of rotatable bonds is 4. The van der Waals surface area contributed by atoms with Crippen LogP contribution in [0, 0.1) is 0 Å². The average Bonchev–Trinajstić information content (AvgIpc) is 2.81. The third-order valence-electron chi connectivity index (χ3n) is 2.50. The minimum Gasteiger partial charge on any atom is -0.469 e. The van der Waals surface area contributed by atoms with E-state index in [1.54, 1.807) is 18.2 Å². The van der Waals surface area contributed by atoms with Crippen molar-refractivity contribution in [1.82, 2.24) is 0 Å². The average molecular weight is 316 g/mol. The fraction of sp³-hybridized carbons (Fsp3) is 0.154. The quantitative estimate of drug-likeness (QED) is 0.843. The van der Waals surface area contributed by atoms with Gasteiger partial charge in [-0.05, 0) is 23.6 Å². The number of para-hydroxylation sites is 1. The van der Waals surface area contributed by atoms with E-state index in [2.05, 4.69) is 10.1 Å². The molecular formula is C13H11Cl2NO2S. The molecule has 0 radical (unpaired) electrons. The highest BCUT2D eigenvalue weighted by Crippen LogP contribution is 2.35. The summed E-state index contributed by atoms with van der Waals surface area (Å²) in [6, 6.07) is 7.16. The Kier molecular flexibility index (Phi) is 4.69. The summed E-state index contributed by atoms with van der Waals surface area (Å²) in [6.45, 7) is 0. The maximum Gasteiger partial charge on any atom is 0.310 e. The van der Waals surface area contributed by atoms with Gasteiger partial charge < -0.3 is 10.1 Å². The van der Waals surface area contributed by atoms with Crippen LogP contribution in [0.4, 0.5) is 11.4 Å². The second-order valence-electron chi connectivity index (χ2n) is 3.73. The number of ether oxygens (including phenoxy) is 1. The fourth-order valence-electron chi connectivity index (χ4n) is 1.54. The number of anilines is 2. The van der Waals surface area contributed by atoms with Crippen LogP contribution >= 0.6 is 34.5 Å². The number of halogens is 2. The second-order valence-corrected chi connectivity index (χ2v) is 5.55. The van der Waals surface area contributed by atoms with Crippen LogP contribution < -0.4 is 5.32 Å². The number of thiophene rings is 1. The van der Waals surface area contributed by atoms with Crippen LogP contribution in [0.2, 0.25) is 10.0 Å². The first-order valence-corrected chi connectivity index (χ1v) is 7.09. The predicted molar refractivity (Wildman–Crippen MR) is 79.8 cm³/mol. The Morgan fingerprint density at radius 2 is 2.00 bits per heavy atom. The molecule has 1 aromatic heterocycles. The van der Waals surface area contributed by atoms with Crippen LogP contribution in [0.1, 0.15) is 4.88 Å². The molecule has 0 unspecified atom stereocenters. The van der Waals surface area contributed by atoms with Gasteiger partial charge in [0, 0.05) is 4.88 Å². The van der Waals surface area contributed by atoms with Crippen molar-refractivity contribution in [1.29, 1.82) is 0 Å². The summed E-state index contributed by atoms with van der Waals surface area (Å²) in [7, 11) is 1.37. The van der Waals surface area contributed by atoms with Gasteiger partial charge in [-0.25, -0.2) is 0 Å². The summed E-state index contributed by atoms with van der Waals surface area (Å²) in [5.41, 5.74) is 1.45. The normalized spacial score (nSPS) is 10.3. The summed E-state index contributed by atoms with van der Waals surface area (Å²) < 4.78 is 4.66. The summed E-state index contributed by atoms with van der Waals surface area (Å²) in [4.78, 5) is 12.2. The largest absolute Gasteiger partial charge is 0.469 e. The Morgan fingerprint density at radius 3 is 2.63 bits per heavy atom. The standard InChI is InChI=1S/C13H11Cl2NO2S/c1-18-12(17)7-11-10(5-6-19-11)16-13-8(14)3-2-4-9(13)15/h2-6,16H,7H2,1H3. The van der Waals surface area contributed by atoms with E-state index in [-0.39, 0.29) is 12.4 Å². The van der Waals surface area contributed by atoms with Gasteiger partial charge in [0.15, 0.2) is 0 Å². The molecule has 0 bridgehead atoms. The number of methoxy groups -OCH3 is 1. The van der Waals surface area contributed by atoms with E-state index in [1.807, 2.05) is 11.4 Å². The Labute approximate surface area is 125 Å². The zero-order valence-electron chi connectivity index (χ0n) is 10.1. The highest BCUT2D eigenvalue weighted by molar-refractivity contribution is 7.10. The summed E-state index contributed by atoms with van der Waals surface area (Å²) >= 11 is 13.7. The number of carbonyl (C=O) groups is 1. The Balaban J connectivity index is 2.24. The van der Waals surface area contributed by atoms with Crippen molar-refractivity contribution >= 4 is 51.9 Å². The second kappa shape index (κ2) is 6.28. The van der Waals surface area contributed by atoms with Gasteiger partial charge in [0.25, 0.3) is 0 Å². The minimum atomic E-state index is -0.282. The van der Waals surface area contributed by atoms with Gasteiger partial charge >= 0.3 is 5.97 Å². The first-order chi connectivity index (χ1) is 9.11. The molecule has 0 aliphatic heterocycles. The van der Waals surface area contributed by atoms with Crippen molar-refractivity contribution in [2.24, 2.45) is 0 Å². The van der Waals surface area contributed by atoms with Crippen molar-refractivity contribution in [3.63, 3.8) is 0 Å². The molecule has 0 atom stereocenters. The topological polar surface area (TPSA) is 38.3 Å². The zero-order chi connectivity index (χ0) is 13.8. The lowest BCUT2D eigenvalue weighted by atomic mass is 10.2. The first kappa shape index (κ1) is 14.2. The summed E-state index contributed by atoms with van der Waals surface area (Å²) in [5, 5.41) is 6.11. The van der Waals surface area contributed by atoms with Crippen LogP contribution in [0.25, 0.3) is 0 Å². The molecule has 0 fully saturated rings. The Morgan fingerprint density at radius 1 is 1.32 bits per heavy atom. The molecule has 19 heavy (non-hydrogen) atoms. The molecule has 2 aromatic rings. The lowest BCUT2D eigenvalue weighted by Crippen LogP contribution is -2.04. The van der Waals surface area contributed by atoms with E-state index < -0.39 is 0 Å². The Bertz CT molecular complexity index is 578. The van der Waals surface area contributed by atoms with E-state index in [1.165, 1.54) is 18.4 Å². The van der Waals surface area contributed by atoms with E-state index in [4.69, 9.17) is 23.2 Å². The molecule has 0 aliphatic carbocycles. The van der Waals surface area contributed by atoms with Crippen LogP contribution in [0.15, 0.2) is 29.6 Å². The van der Waals surface area contributed by atoms with Gasteiger partial charge in [0.05, 0.1) is 35.0 Å². The molecule has 0 aliphatic rings. The molecular weight excluding hydrogens is 305 g/mol. The van der Waals surface area contributed by atoms with Gasteiger partial charge in [-0.1, -0.05) is 29.3 Å². The lowest BCUT2D eigenvalue weighted by Gasteiger charge is -2.10. The minimum absolute atomic E-state index is 0.221. The molecule has 0 saturated carbocycles. The Hall–Kier alpha value is -1.23. The molecule has 1 aromatic carbocycles. The number of hydrogen-bond donors (Lipinski definition) is 1. The van der Waals surface area contributed by atoms with Crippen molar-refractivity contribution in [3.8, 4) is 0 Å². The molecule has 1 heterocycles. The molecule has 100 valence electrons. The zero-order valence-corrected chi connectivity index (χ0v) is 12.4. The van der Waals surface area contributed by atoms with Gasteiger partial charge in [-0.15, -0.1) is 11.3 Å². The summed E-state index contributed by atoms with van der Waals surface area (Å²) in [6.07, 6.45) is 0.221. The van der Waals surface area contributed by atoms with Gasteiger partial charge in [-0.3, -0.25) is 4.79 Å². The van der Waals surface area contributed by atoms with Crippen LogP contribution in [0.3, 0.4) is 0 Å². The third kappa shape index (κ3) is 3.41. The number of benzene rings is 1. The smallest absolute Gasteiger partial charge is 0.310 e. The van der Waals surface area contributed by atoms with Crippen LogP contribution in [-0.4, -0.2) is 13.1 Å². The molecule has 1 N–H and O–H groups in total. The number of carbonyl (C=O) groups excluding carboxylic acids is 1. The van der Waals surface area contributed by atoms with Gasteiger partial charge in [-0.2, -0.15) is 0 Å². The SMILES string of the molecule is COC(=O)Cc1sccc1Nc1c(Cl)cccc1Cl. The van der Waals surface area contributed by atoms with Crippen molar-refractivity contribution in [3.05, 3.63) is 44.6 Å².